The first-order chi connectivity index (χ1) is 7.19. The smallest absolute Gasteiger partial charge is 0.263 e. The minimum absolute atomic E-state index is 0.00874. The number of rotatable bonds is 5. The van der Waals surface area contributed by atoms with Crippen molar-refractivity contribution in [3.63, 3.8) is 0 Å². The van der Waals surface area contributed by atoms with E-state index in [1.54, 1.807) is 6.07 Å². The van der Waals surface area contributed by atoms with Gasteiger partial charge in [-0.2, -0.15) is 0 Å². The highest BCUT2D eigenvalue weighted by Crippen LogP contribution is 2.27. The molecule has 0 aromatic heterocycles. The first-order valence-electron chi connectivity index (χ1n) is 4.70. The first kappa shape index (κ1) is 12.4. The quantitative estimate of drug-likeness (QED) is 0.741. The van der Waals surface area contributed by atoms with Gasteiger partial charge in [-0.1, -0.05) is 28.1 Å². The van der Waals surface area contributed by atoms with E-state index in [9.17, 15) is 8.78 Å². The molecule has 0 aliphatic carbocycles. The molecule has 0 saturated heterocycles. The van der Waals surface area contributed by atoms with Crippen LogP contribution in [0.2, 0.25) is 0 Å². The normalized spacial score (nSPS) is 10.7. The molecule has 0 aliphatic heterocycles. The molecule has 0 bridgehead atoms. The zero-order valence-corrected chi connectivity index (χ0v) is 10.1. The van der Waals surface area contributed by atoms with Gasteiger partial charge < -0.3 is 4.74 Å². The van der Waals surface area contributed by atoms with Crippen LogP contribution in [0.1, 0.15) is 24.0 Å². The number of ether oxygens (including phenoxy) is 1. The Hall–Kier alpha value is -0.640. The van der Waals surface area contributed by atoms with Crippen molar-refractivity contribution in [2.75, 3.05) is 12.4 Å². The number of benzene rings is 1. The summed E-state index contributed by atoms with van der Waals surface area (Å²) in [6, 6.07) is 4.58. The number of hydrogen-bond acceptors (Lipinski definition) is 1. The van der Waals surface area contributed by atoms with Gasteiger partial charge in [0, 0.05) is 10.9 Å². The molecule has 0 radical (unpaired) electrons. The van der Waals surface area contributed by atoms with E-state index in [1.807, 2.05) is 0 Å². The second-order valence-corrected chi connectivity index (χ2v) is 3.96. The van der Waals surface area contributed by atoms with Crippen LogP contribution in [0.5, 0.6) is 5.75 Å². The van der Waals surface area contributed by atoms with Crippen LogP contribution in [0.3, 0.4) is 0 Å². The summed E-state index contributed by atoms with van der Waals surface area (Å²) in [5.41, 5.74) is 0.982. The molecular weight excluding hydrogens is 266 g/mol. The van der Waals surface area contributed by atoms with E-state index >= 15 is 0 Å². The maximum atomic E-state index is 12.4. The third kappa shape index (κ3) is 3.45. The standard InChI is InChI=1S/C11H13BrF2O/c1-15-10-7-9(11(13)14)5-4-8(10)3-2-6-12/h4-5,7,11H,2-3,6H2,1H3. The molecule has 1 rings (SSSR count). The zero-order valence-electron chi connectivity index (χ0n) is 8.47. The van der Waals surface area contributed by atoms with E-state index in [4.69, 9.17) is 4.74 Å². The maximum absolute atomic E-state index is 12.4. The molecule has 0 atom stereocenters. The van der Waals surface area contributed by atoms with Crippen LogP contribution < -0.4 is 4.74 Å². The molecule has 0 fully saturated rings. The van der Waals surface area contributed by atoms with Gasteiger partial charge in [0.15, 0.2) is 0 Å². The summed E-state index contributed by atoms with van der Waals surface area (Å²) in [6.07, 6.45) is -0.647. The largest absolute Gasteiger partial charge is 0.496 e. The number of hydrogen-bond donors (Lipinski definition) is 0. The van der Waals surface area contributed by atoms with Crippen LogP contribution in [0.25, 0.3) is 0 Å². The topological polar surface area (TPSA) is 9.23 Å². The molecule has 0 heterocycles. The van der Waals surface area contributed by atoms with Gasteiger partial charge in [-0.15, -0.1) is 0 Å². The summed E-state index contributed by atoms with van der Waals surface area (Å²) in [5, 5.41) is 0.896. The molecule has 1 aromatic rings. The fourth-order valence-electron chi connectivity index (χ4n) is 1.36. The summed E-state index contributed by atoms with van der Waals surface area (Å²) in [4.78, 5) is 0. The van der Waals surface area contributed by atoms with Gasteiger partial charge in [-0.05, 0) is 24.5 Å². The van der Waals surface area contributed by atoms with Crippen molar-refractivity contribution in [2.24, 2.45) is 0 Å². The van der Waals surface area contributed by atoms with Gasteiger partial charge in [-0.25, -0.2) is 8.78 Å². The lowest BCUT2D eigenvalue weighted by Gasteiger charge is -2.09. The van der Waals surface area contributed by atoms with Crippen molar-refractivity contribution in [1.29, 1.82) is 0 Å². The Labute approximate surface area is 96.6 Å². The van der Waals surface area contributed by atoms with Gasteiger partial charge >= 0.3 is 0 Å². The monoisotopic (exact) mass is 278 g/mol. The Bertz CT molecular complexity index is 315. The summed E-state index contributed by atoms with van der Waals surface area (Å²) in [6.45, 7) is 0. The molecule has 1 nitrogen and oxygen atoms in total. The van der Waals surface area contributed by atoms with Gasteiger partial charge in [0.1, 0.15) is 5.75 Å². The highest BCUT2D eigenvalue weighted by molar-refractivity contribution is 9.09. The highest BCUT2D eigenvalue weighted by Gasteiger charge is 2.10. The second kappa shape index (κ2) is 6.05. The molecule has 84 valence electrons. The second-order valence-electron chi connectivity index (χ2n) is 3.16. The lowest BCUT2D eigenvalue weighted by molar-refractivity contribution is 0.151. The summed E-state index contributed by atoms with van der Waals surface area (Å²) < 4.78 is 29.9. The van der Waals surface area contributed by atoms with Crippen LogP contribution in [0.4, 0.5) is 8.78 Å². The van der Waals surface area contributed by atoms with Gasteiger partial charge in [0.25, 0.3) is 6.43 Å². The number of halogens is 3. The molecule has 0 amide bonds. The summed E-state index contributed by atoms with van der Waals surface area (Å²) >= 11 is 3.33. The lowest BCUT2D eigenvalue weighted by Crippen LogP contribution is -1.95. The molecule has 15 heavy (non-hydrogen) atoms. The molecule has 0 N–H and O–H groups in total. The number of aryl methyl sites for hydroxylation is 1. The Kier molecular flexibility index (Phi) is 5.02. The fraction of sp³-hybridized carbons (Fsp3) is 0.455. The van der Waals surface area contributed by atoms with Gasteiger partial charge in [-0.3, -0.25) is 0 Å². The molecule has 4 heteroatoms. The number of methoxy groups -OCH3 is 1. The van der Waals surface area contributed by atoms with Crippen LogP contribution in [0.15, 0.2) is 18.2 Å². The van der Waals surface area contributed by atoms with E-state index < -0.39 is 6.43 Å². The number of alkyl halides is 3. The third-order valence-electron chi connectivity index (χ3n) is 2.14. The van der Waals surface area contributed by atoms with E-state index in [2.05, 4.69) is 15.9 Å². The zero-order chi connectivity index (χ0) is 11.3. The molecule has 0 unspecified atom stereocenters. The third-order valence-corrected chi connectivity index (χ3v) is 2.70. The molecule has 0 saturated carbocycles. The fourth-order valence-corrected chi connectivity index (χ4v) is 1.64. The Morgan fingerprint density at radius 3 is 2.67 bits per heavy atom. The van der Waals surface area contributed by atoms with Crippen LogP contribution >= 0.6 is 15.9 Å². The lowest BCUT2D eigenvalue weighted by atomic mass is 10.1. The predicted octanol–water partition coefficient (Wildman–Crippen LogP) is 3.96. The average Bonchev–Trinajstić information content (AvgIpc) is 2.25. The Balaban J connectivity index is 2.88. The minimum atomic E-state index is -2.44. The van der Waals surface area contributed by atoms with E-state index in [-0.39, 0.29) is 5.56 Å². The molecule has 0 aliphatic rings. The van der Waals surface area contributed by atoms with Crippen molar-refractivity contribution in [3.8, 4) is 5.75 Å². The predicted molar refractivity (Wildman–Crippen MR) is 60.1 cm³/mol. The van der Waals surface area contributed by atoms with Crippen molar-refractivity contribution < 1.29 is 13.5 Å². The maximum Gasteiger partial charge on any atom is 0.263 e. The Morgan fingerprint density at radius 2 is 2.13 bits per heavy atom. The van der Waals surface area contributed by atoms with Crippen molar-refractivity contribution in [2.45, 2.75) is 19.3 Å². The van der Waals surface area contributed by atoms with Crippen molar-refractivity contribution in [3.05, 3.63) is 29.3 Å². The SMILES string of the molecule is COc1cc(C(F)F)ccc1CCCBr. The molecule has 1 aromatic carbocycles. The van der Waals surface area contributed by atoms with E-state index in [0.29, 0.717) is 5.75 Å². The first-order valence-corrected chi connectivity index (χ1v) is 5.82. The van der Waals surface area contributed by atoms with E-state index in [1.165, 1.54) is 19.2 Å². The molecular formula is C11H13BrF2O. The highest BCUT2D eigenvalue weighted by atomic mass is 79.9. The summed E-state index contributed by atoms with van der Waals surface area (Å²) in [7, 11) is 1.50. The van der Waals surface area contributed by atoms with Crippen molar-refractivity contribution in [1.82, 2.24) is 0 Å². The van der Waals surface area contributed by atoms with Crippen LogP contribution in [-0.2, 0) is 6.42 Å². The minimum Gasteiger partial charge on any atom is -0.496 e. The summed E-state index contributed by atoms with van der Waals surface area (Å²) in [5.74, 6) is 0.550. The van der Waals surface area contributed by atoms with E-state index in [0.717, 1.165) is 23.7 Å². The molecule has 0 spiro atoms. The van der Waals surface area contributed by atoms with Gasteiger partial charge in [0.05, 0.1) is 7.11 Å². The van der Waals surface area contributed by atoms with Crippen LogP contribution in [-0.4, -0.2) is 12.4 Å². The van der Waals surface area contributed by atoms with Gasteiger partial charge in [0.2, 0.25) is 0 Å². The van der Waals surface area contributed by atoms with Crippen LogP contribution in [0, 0.1) is 0 Å². The van der Waals surface area contributed by atoms with Crippen molar-refractivity contribution >= 4 is 15.9 Å². The Morgan fingerprint density at radius 1 is 1.40 bits per heavy atom. The average molecular weight is 279 g/mol.